The maximum absolute atomic E-state index is 12.6. The van der Waals surface area contributed by atoms with E-state index >= 15 is 0 Å². The van der Waals surface area contributed by atoms with Crippen LogP contribution >= 0.6 is 0 Å². The van der Waals surface area contributed by atoms with E-state index in [0.29, 0.717) is 31.4 Å². The Hall–Kier alpha value is -2.74. The molecule has 1 aromatic carbocycles. The number of carbonyl (C=O) groups is 1. The van der Waals surface area contributed by atoms with Gasteiger partial charge >= 0.3 is 0 Å². The zero-order valence-corrected chi connectivity index (χ0v) is 13.2. The zero-order valence-electron chi connectivity index (χ0n) is 13.2. The van der Waals surface area contributed by atoms with Gasteiger partial charge in [0.05, 0.1) is 30.8 Å². The summed E-state index contributed by atoms with van der Waals surface area (Å²) in [6.45, 7) is 3.15. The van der Waals surface area contributed by atoms with Crippen LogP contribution in [0.25, 0.3) is 10.9 Å². The number of aromatic nitrogens is 4. The second-order valence-electron chi connectivity index (χ2n) is 5.77. The van der Waals surface area contributed by atoms with Crippen molar-refractivity contribution in [3.05, 3.63) is 41.7 Å². The first-order valence-corrected chi connectivity index (χ1v) is 7.82. The standard InChI is InChI=1S/C16H17N5O3/c1-10-17-16(20-24-10)14-9-21(6-7-23-14)15(22)8-13-11-4-2-3-5-12(11)18-19-13/h2-5,14H,6-9H2,1H3,(H,18,19). The van der Waals surface area contributed by atoms with Gasteiger partial charge in [-0.3, -0.25) is 9.89 Å². The lowest BCUT2D eigenvalue weighted by Gasteiger charge is -2.31. The van der Waals surface area contributed by atoms with E-state index < -0.39 is 0 Å². The van der Waals surface area contributed by atoms with Gasteiger partial charge in [0.1, 0.15) is 6.10 Å². The summed E-state index contributed by atoms with van der Waals surface area (Å²) in [5.74, 6) is 0.996. The third kappa shape index (κ3) is 2.76. The molecule has 8 nitrogen and oxygen atoms in total. The summed E-state index contributed by atoms with van der Waals surface area (Å²) in [7, 11) is 0. The van der Waals surface area contributed by atoms with Gasteiger partial charge in [0.2, 0.25) is 17.6 Å². The summed E-state index contributed by atoms with van der Waals surface area (Å²) in [5.41, 5.74) is 1.69. The molecular weight excluding hydrogens is 310 g/mol. The Balaban J connectivity index is 1.48. The zero-order chi connectivity index (χ0) is 16.5. The second kappa shape index (κ2) is 6.04. The number of rotatable bonds is 3. The van der Waals surface area contributed by atoms with Crippen LogP contribution in [0.15, 0.2) is 28.8 Å². The summed E-state index contributed by atoms with van der Waals surface area (Å²) in [6, 6.07) is 7.75. The van der Waals surface area contributed by atoms with E-state index in [2.05, 4.69) is 20.3 Å². The highest BCUT2D eigenvalue weighted by Crippen LogP contribution is 2.21. The number of amides is 1. The lowest BCUT2D eigenvalue weighted by Crippen LogP contribution is -2.43. The van der Waals surface area contributed by atoms with E-state index in [1.165, 1.54) is 0 Å². The Labute approximate surface area is 137 Å². The molecule has 1 fully saturated rings. The van der Waals surface area contributed by atoms with Crippen molar-refractivity contribution < 1.29 is 14.1 Å². The normalized spacial score (nSPS) is 18.2. The van der Waals surface area contributed by atoms with Crippen LogP contribution < -0.4 is 0 Å². The summed E-state index contributed by atoms with van der Waals surface area (Å²) in [6.07, 6.45) is -0.0722. The maximum Gasteiger partial charge on any atom is 0.228 e. The average Bonchev–Trinajstić information content (AvgIpc) is 3.22. The quantitative estimate of drug-likeness (QED) is 0.781. The van der Waals surface area contributed by atoms with Crippen molar-refractivity contribution in [2.75, 3.05) is 19.7 Å². The van der Waals surface area contributed by atoms with Crippen LogP contribution in [0.1, 0.15) is 23.5 Å². The number of hydrogen-bond donors (Lipinski definition) is 1. The minimum Gasteiger partial charge on any atom is -0.366 e. The minimum atomic E-state index is -0.348. The molecule has 8 heteroatoms. The third-order valence-corrected chi connectivity index (χ3v) is 4.12. The Bertz CT molecular complexity index is 871. The second-order valence-corrected chi connectivity index (χ2v) is 5.77. The Morgan fingerprint density at radius 1 is 1.42 bits per heavy atom. The van der Waals surface area contributed by atoms with Gasteiger partial charge in [0.25, 0.3) is 0 Å². The Morgan fingerprint density at radius 3 is 3.12 bits per heavy atom. The van der Waals surface area contributed by atoms with Crippen LogP contribution in [0.5, 0.6) is 0 Å². The molecule has 0 radical (unpaired) electrons. The molecule has 1 unspecified atom stereocenters. The summed E-state index contributed by atoms with van der Waals surface area (Å²) in [5, 5.41) is 12.1. The number of aryl methyl sites for hydroxylation is 1. The fourth-order valence-corrected chi connectivity index (χ4v) is 2.89. The van der Waals surface area contributed by atoms with Gasteiger partial charge in [-0.2, -0.15) is 10.1 Å². The Kier molecular flexibility index (Phi) is 3.73. The number of para-hydroxylation sites is 1. The van der Waals surface area contributed by atoms with Crippen molar-refractivity contribution in [2.45, 2.75) is 19.4 Å². The van der Waals surface area contributed by atoms with E-state index in [9.17, 15) is 4.79 Å². The molecule has 0 bridgehead atoms. The van der Waals surface area contributed by atoms with Gasteiger partial charge in [-0.25, -0.2) is 0 Å². The number of aromatic amines is 1. The van der Waals surface area contributed by atoms with E-state index in [0.717, 1.165) is 16.6 Å². The number of nitrogens with one attached hydrogen (secondary N) is 1. The van der Waals surface area contributed by atoms with E-state index in [1.807, 2.05) is 24.3 Å². The van der Waals surface area contributed by atoms with E-state index in [-0.39, 0.29) is 18.4 Å². The fraction of sp³-hybridized carbons (Fsp3) is 0.375. The molecule has 1 amide bonds. The van der Waals surface area contributed by atoms with Gasteiger partial charge in [0, 0.05) is 18.9 Å². The van der Waals surface area contributed by atoms with Crippen LogP contribution in [-0.2, 0) is 16.0 Å². The minimum absolute atomic E-state index is 0.0259. The molecule has 3 heterocycles. The molecule has 0 saturated carbocycles. The summed E-state index contributed by atoms with van der Waals surface area (Å²) >= 11 is 0. The van der Waals surface area contributed by atoms with Crippen molar-refractivity contribution in [1.82, 2.24) is 25.2 Å². The van der Waals surface area contributed by atoms with Crippen molar-refractivity contribution >= 4 is 16.8 Å². The van der Waals surface area contributed by atoms with Gasteiger partial charge in [-0.1, -0.05) is 23.4 Å². The molecule has 24 heavy (non-hydrogen) atoms. The topological polar surface area (TPSA) is 97.1 Å². The molecule has 1 aliphatic rings. The van der Waals surface area contributed by atoms with Crippen molar-refractivity contribution in [3.63, 3.8) is 0 Å². The van der Waals surface area contributed by atoms with Crippen molar-refractivity contribution in [2.24, 2.45) is 0 Å². The molecular formula is C16H17N5O3. The highest BCUT2D eigenvalue weighted by molar-refractivity contribution is 5.87. The molecule has 1 atom stereocenters. The van der Waals surface area contributed by atoms with Crippen LogP contribution in [0, 0.1) is 6.92 Å². The van der Waals surface area contributed by atoms with Gasteiger partial charge in [-0.15, -0.1) is 0 Å². The van der Waals surface area contributed by atoms with Crippen molar-refractivity contribution in [3.8, 4) is 0 Å². The van der Waals surface area contributed by atoms with E-state index in [4.69, 9.17) is 9.26 Å². The van der Waals surface area contributed by atoms with Gasteiger partial charge in [-0.05, 0) is 6.07 Å². The molecule has 2 aromatic heterocycles. The number of hydrogen-bond acceptors (Lipinski definition) is 6. The molecule has 1 N–H and O–H groups in total. The average molecular weight is 327 g/mol. The molecule has 0 spiro atoms. The number of nitrogens with zero attached hydrogens (tertiary/aromatic N) is 4. The molecule has 3 aromatic rings. The lowest BCUT2D eigenvalue weighted by atomic mass is 10.1. The first kappa shape index (κ1) is 14.8. The molecule has 0 aliphatic carbocycles. The number of ether oxygens (including phenoxy) is 1. The SMILES string of the molecule is Cc1nc(C2CN(C(=O)Cc3[nH]nc4ccccc34)CCO2)no1. The Morgan fingerprint density at radius 2 is 2.29 bits per heavy atom. The van der Waals surface area contributed by atoms with Crippen LogP contribution in [0.2, 0.25) is 0 Å². The lowest BCUT2D eigenvalue weighted by molar-refractivity contribution is -0.138. The summed E-state index contributed by atoms with van der Waals surface area (Å²) < 4.78 is 10.7. The first-order chi connectivity index (χ1) is 11.7. The molecule has 1 aliphatic heterocycles. The van der Waals surface area contributed by atoms with Gasteiger partial charge in [0.15, 0.2) is 0 Å². The molecule has 1 saturated heterocycles. The number of H-pyrrole nitrogens is 1. The number of fused-ring (bicyclic) bond motifs is 1. The predicted molar refractivity (Wildman–Crippen MR) is 84.1 cm³/mol. The van der Waals surface area contributed by atoms with Gasteiger partial charge < -0.3 is 14.2 Å². The first-order valence-electron chi connectivity index (χ1n) is 7.82. The smallest absolute Gasteiger partial charge is 0.228 e. The highest BCUT2D eigenvalue weighted by Gasteiger charge is 2.28. The maximum atomic E-state index is 12.6. The van der Waals surface area contributed by atoms with Crippen LogP contribution in [-0.4, -0.2) is 50.8 Å². The van der Waals surface area contributed by atoms with Crippen LogP contribution in [0.4, 0.5) is 0 Å². The van der Waals surface area contributed by atoms with Crippen molar-refractivity contribution in [1.29, 1.82) is 0 Å². The summed E-state index contributed by atoms with van der Waals surface area (Å²) in [4.78, 5) is 18.6. The third-order valence-electron chi connectivity index (χ3n) is 4.12. The number of benzene rings is 1. The number of morpholine rings is 1. The monoisotopic (exact) mass is 327 g/mol. The number of carbonyl (C=O) groups excluding carboxylic acids is 1. The molecule has 124 valence electrons. The largest absolute Gasteiger partial charge is 0.366 e. The van der Waals surface area contributed by atoms with E-state index in [1.54, 1.807) is 11.8 Å². The van der Waals surface area contributed by atoms with Crippen LogP contribution in [0.3, 0.4) is 0 Å². The highest BCUT2D eigenvalue weighted by atomic mass is 16.5. The fourth-order valence-electron chi connectivity index (χ4n) is 2.89. The predicted octanol–water partition coefficient (Wildman–Crippen LogP) is 1.40. The molecule has 4 rings (SSSR count).